The molecule has 158 valence electrons. The minimum atomic E-state index is -0.267. The largest absolute Gasteiger partial charge is 0.368 e. The van der Waals surface area contributed by atoms with Crippen molar-refractivity contribution in [3.05, 3.63) is 65.9 Å². The van der Waals surface area contributed by atoms with Gasteiger partial charge in [-0.2, -0.15) is 0 Å². The van der Waals surface area contributed by atoms with Gasteiger partial charge in [0.15, 0.2) is 0 Å². The molecule has 0 unspecified atom stereocenters. The zero-order valence-corrected chi connectivity index (χ0v) is 17.8. The number of anilines is 1. The number of hydrogen-bond acceptors (Lipinski definition) is 3. The third-order valence-corrected chi connectivity index (χ3v) is 6.41. The summed E-state index contributed by atoms with van der Waals surface area (Å²) < 4.78 is 0. The van der Waals surface area contributed by atoms with E-state index in [-0.39, 0.29) is 5.91 Å². The number of para-hydroxylation sites is 1. The average Bonchev–Trinajstić information content (AvgIpc) is 3.41. The summed E-state index contributed by atoms with van der Waals surface area (Å²) in [5, 5.41) is 1.35. The van der Waals surface area contributed by atoms with Crippen LogP contribution in [0.3, 0.4) is 0 Å². The molecule has 2 aromatic carbocycles. The van der Waals surface area contributed by atoms with Gasteiger partial charge in [0, 0.05) is 23.9 Å². The van der Waals surface area contributed by atoms with E-state index in [1.165, 1.54) is 54.5 Å². The third-order valence-electron chi connectivity index (χ3n) is 6.41. The Morgan fingerprint density at radius 1 is 1.10 bits per heavy atom. The minimum Gasteiger partial charge on any atom is -0.368 e. The Morgan fingerprint density at radius 3 is 2.67 bits per heavy atom. The van der Waals surface area contributed by atoms with Crippen LogP contribution in [0.4, 0.5) is 5.69 Å². The molecule has 1 aromatic heterocycles. The van der Waals surface area contributed by atoms with Crippen LogP contribution in [0.2, 0.25) is 0 Å². The summed E-state index contributed by atoms with van der Waals surface area (Å²) >= 11 is 0. The van der Waals surface area contributed by atoms with Crippen molar-refractivity contribution in [3.8, 4) is 0 Å². The van der Waals surface area contributed by atoms with Crippen LogP contribution in [0.15, 0.2) is 54.7 Å². The van der Waals surface area contributed by atoms with Crippen molar-refractivity contribution in [1.29, 1.82) is 0 Å². The summed E-state index contributed by atoms with van der Waals surface area (Å²) in [6, 6.07) is 17.2. The Labute approximate surface area is 178 Å². The van der Waals surface area contributed by atoms with Crippen molar-refractivity contribution >= 4 is 22.5 Å². The van der Waals surface area contributed by atoms with Gasteiger partial charge in [0.2, 0.25) is 5.91 Å². The molecule has 1 amide bonds. The number of aromatic nitrogens is 1. The Balaban J connectivity index is 0.000000151. The topological polar surface area (TPSA) is 65.4 Å². The lowest BCUT2D eigenvalue weighted by Gasteiger charge is -2.31. The zero-order chi connectivity index (χ0) is 20.9. The van der Waals surface area contributed by atoms with Gasteiger partial charge in [0.1, 0.15) is 0 Å². The molecule has 1 saturated heterocycles. The van der Waals surface area contributed by atoms with Gasteiger partial charge in [-0.1, -0.05) is 31.2 Å². The van der Waals surface area contributed by atoms with E-state index in [0.717, 1.165) is 24.6 Å². The molecule has 1 fully saturated rings. The number of aromatic amines is 1. The predicted octanol–water partition coefficient (Wildman–Crippen LogP) is 3.90. The van der Waals surface area contributed by atoms with Crippen LogP contribution in [0.25, 0.3) is 10.9 Å². The summed E-state index contributed by atoms with van der Waals surface area (Å²) in [6.07, 6.45) is 5.66. The average molecular weight is 405 g/mol. The predicted molar refractivity (Wildman–Crippen MR) is 124 cm³/mol. The molecule has 5 nitrogen and oxygen atoms in total. The van der Waals surface area contributed by atoms with Crippen molar-refractivity contribution in [1.82, 2.24) is 9.88 Å². The third kappa shape index (κ3) is 4.68. The molecule has 0 radical (unpaired) electrons. The number of rotatable bonds is 4. The highest BCUT2D eigenvalue weighted by Gasteiger charge is 2.20. The number of hydrogen-bond donors (Lipinski definition) is 2. The van der Waals surface area contributed by atoms with E-state index in [1.54, 1.807) is 0 Å². The highest BCUT2D eigenvalue weighted by molar-refractivity contribution is 5.81. The molecule has 2 aliphatic heterocycles. The Morgan fingerprint density at radius 2 is 1.90 bits per heavy atom. The summed E-state index contributed by atoms with van der Waals surface area (Å²) in [7, 11) is 0. The molecule has 3 heterocycles. The number of piperidine rings is 1. The van der Waals surface area contributed by atoms with E-state index in [9.17, 15) is 4.79 Å². The second-order valence-electron chi connectivity index (χ2n) is 8.30. The van der Waals surface area contributed by atoms with Gasteiger partial charge in [-0.15, -0.1) is 0 Å². The van der Waals surface area contributed by atoms with E-state index in [4.69, 9.17) is 5.73 Å². The van der Waals surface area contributed by atoms with E-state index in [1.807, 2.05) is 29.3 Å². The lowest BCUT2D eigenvalue weighted by atomic mass is 9.89. The molecule has 3 aromatic rings. The number of carbonyl (C=O) groups is 1. The van der Waals surface area contributed by atoms with E-state index >= 15 is 0 Å². The maximum Gasteiger partial charge on any atom is 0.236 e. The molecule has 5 rings (SSSR count). The first-order valence-corrected chi connectivity index (χ1v) is 11.0. The number of primary amides is 1. The summed E-state index contributed by atoms with van der Waals surface area (Å²) in [4.78, 5) is 18.6. The number of nitrogens with two attached hydrogens (primary N) is 1. The quantitative estimate of drug-likeness (QED) is 0.693. The van der Waals surface area contributed by atoms with Gasteiger partial charge in [-0.25, -0.2) is 0 Å². The summed E-state index contributed by atoms with van der Waals surface area (Å²) in [5.41, 5.74) is 10.4. The number of fused-ring (bicyclic) bond motifs is 2. The van der Waals surface area contributed by atoms with Crippen molar-refractivity contribution in [2.24, 2.45) is 5.73 Å². The number of amides is 1. The van der Waals surface area contributed by atoms with Crippen LogP contribution in [0.1, 0.15) is 36.8 Å². The number of nitrogens with zero attached hydrogens (tertiary/aromatic N) is 2. The fourth-order valence-corrected chi connectivity index (χ4v) is 4.67. The lowest BCUT2D eigenvalue weighted by molar-refractivity contribution is -0.116. The van der Waals surface area contributed by atoms with Gasteiger partial charge >= 0.3 is 0 Å². The first kappa shape index (κ1) is 20.5. The smallest absolute Gasteiger partial charge is 0.236 e. The summed E-state index contributed by atoms with van der Waals surface area (Å²) in [6.45, 7) is 7.20. The Bertz CT molecular complexity index is 987. The second kappa shape index (κ2) is 9.35. The summed E-state index contributed by atoms with van der Waals surface area (Å²) in [5.74, 6) is 0.494. The van der Waals surface area contributed by atoms with Gasteiger partial charge in [0.25, 0.3) is 0 Å². The Hall–Kier alpha value is -2.79. The standard InChI is InChI=1S/C15H20N2.C10H12N2O/c1-2-17-9-6-12(7-10-17)13-3-4-15-14(11-13)5-8-16-15;11-10(13)7-12-6-5-8-3-1-2-4-9(8)12/h3-5,8,11-12,16H,2,6-7,9-10H2,1H3;1-4H,5-7H2,(H2,11,13). The van der Waals surface area contributed by atoms with Crippen LogP contribution >= 0.6 is 0 Å². The highest BCUT2D eigenvalue weighted by atomic mass is 16.1. The number of carbonyl (C=O) groups excluding carboxylic acids is 1. The molecular formula is C25H32N4O. The van der Waals surface area contributed by atoms with Crippen molar-refractivity contribution in [2.75, 3.05) is 37.6 Å². The number of likely N-dealkylation sites (tertiary alicyclic amines) is 1. The maximum atomic E-state index is 10.7. The van der Waals surface area contributed by atoms with Gasteiger partial charge in [-0.05, 0) is 85.6 Å². The van der Waals surface area contributed by atoms with Crippen LogP contribution in [-0.2, 0) is 11.2 Å². The normalized spacial score (nSPS) is 16.9. The van der Waals surface area contributed by atoms with Crippen LogP contribution in [0, 0.1) is 0 Å². The van der Waals surface area contributed by atoms with Gasteiger partial charge in [-0.3, -0.25) is 4.79 Å². The fourth-order valence-electron chi connectivity index (χ4n) is 4.67. The van der Waals surface area contributed by atoms with E-state index in [2.05, 4.69) is 47.1 Å². The van der Waals surface area contributed by atoms with Crippen molar-refractivity contribution in [2.45, 2.75) is 32.1 Å². The first-order chi connectivity index (χ1) is 14.6. The number of nitrogens with one attached hydrogen (secondary N) is 1. The van der Waals surface area contributed by atoms with Crippen LogP contribution in [-0.4, -0.2) is 48.5 Å². The fraction of sp³-hybridized carbons (Fsp3) is 0.400. The SMILES string of the molecule is CCN1CCC(c2ccc3[nH]ccc3c2)CC1.NC(=O)CN1CCc2ccccc21. The van der Waals surface area contributed by atoms with Gasteiger partial charge in [0.05, 0.1) is 6.54 Å². The number of benzene rings is 2. The van der Waals surface area contributed by atoms with E-state index < -0.39 is 0 Å². The van der Waals surface area contributed by atoms with Crippen molar-refractivity contribution < 1.29 is 4.79 Å². The maximum absolute atomic E-state index is 10.7. The molecule has 2 aliphatic rings. The molecule has 0 bridgehead atoms. The van der Waals surface area contributed by atoms with Gasteiger partial charge < -0.3 is 20.5 Å². The number of H-pyrrole nitrogens is 1. The molecule has 0 aliphatic carbocycles. The Kier molecular flexibility index (Phi) is 6.38. The molecule has 0 atom stereocenters. The minimum absolute atomic E-state index is 0.267. The molecule has 5 heteroatoms. The van der Waals surface area contributed by atoms with Crippen LogP contribution < -0.4 is 10.6 Å². The molecule has 3 N–H and O–H groups in total. The lowest BCUT2D eigenvalue weighted by Crippen LogP contribution is -2.32. The molecule has 0 spiro atoms. The van der Waals surface area contributed by atoms with E-state index in [0.29, 0.717) is 6.54 Å². The van der Waals surface area contributed by atoms with Crippen LogP contribution in [0.5, 0.6) is 0 Å². The molecular weight excluding hydrogens is 372 g/mol. The second-order valence-corrected chi connectivity index (χ2v) is 8.30. The van der Waals surface area contributed by atoms with Crippen molar-refractivity contribution in [3.63, 3.8) is 0 Å². The molecule has 30 heavy (non-hydrogen) atoms. The zero-order valence-electron chi connectivity index (χ0n) is 17.8. The first-order valence-electron chi connectivity index (χ1n) is 11.0. The highest BCUT2D eigenvalue weighted by Crippen LogP contribution is 2.30. The monoisotopic (exact) mass is 404 g/mol. The molecule has 0 saturated carbocycles.